The predicted octanol–water partition coefficient (Wildman–Crippen LogP) is 3.98. The van der Waals surface area contributed by atoms with E-state index >= 15 is 0 Å². The number of nitrogens with one attached hydrogen (secondary N) is 1. The predicted molar refractivity (Wildman–Crippen MR) is 177 cm³/mol. The third kappa shape index (κ3) is 6.29. The number of fused-ring (bicyclic) bond motifs is 1. The summed E-state index contributed by atoms with van der Waals surface area (Å²) in [5.41, 5.74) is 9.06. The molecule has 4 saturated heterocycles. The summed E-state index contributed by atoms with van der Waals surface area (Å²) in [6, 6.07) is 18.2. The second-order valence-electron chi connectivity index (χ2n) is 13.7. The number of aromatic nitrogens is 4. The number of ether oxygens (including phenoxy) is 1. The van der Waals surface area contributed by atoms with E-state index in [1.165, 1.54) is 65.3 Å². The molecule has 3 N–H and O–H groups in total. The smallest absolute Gasteiger partial charge is 0.164 e. The van der Waals surface area contributed by atoms with Crippen molar-refractivity contribution in [3.8, 4) is 22.8 Å². The minimum atomic E-state index is 0.296. The average molecular weight is 608 g/mol. The third-order valence-electron chi connectivity index (χ3n) is 10.3. The number of nitrogens with zero attached hydrogens (tertiary/aromatic N) is 7. The average Bonchev–Trinajstić information content (AvgIpc) is 3.64. The molecule has 4 aliphatic heterocycles. The van der Waals surface area contributed by atoms with E-state index in [1.807, 2.05) is 54.6 Å². The Hall–Kier alpha value is -3.57. The van der Waals surface area contributed by atoms with Crippen molar-refractivity contribution in [1.82, 2.24) is 39.8 Å². The lowest BCUT2D eigenvalue weighted by Gasteiger charge is -2.44. The molecule has 0 spiro atoms. The Labute approximate surface area is 265 Å². The summed E-state index contributed by atoms with van der Waals surface area (Å²) in [6.07, 6.45) is 5.02. The van der Waals surface area contributed by atoms with E-state index in [4.69, 9.17) is 15.6 Å². The van der Waals surface area contributed by atoms with Crippen molar-refractivity contribution >= 4 is 16.9 Å². The molecule has 2 aromatic carbocycles. The molecule has 1 atom stereocenters. The number of hydrogen-bond acceptors (Lipinski definition) is 9. The second kappa shape index (κ2) is 12.7. The van der Waals surface area contributed by atoms with Crippen molar-refractivity contribution in [2.75, 3.05) is 77.7 Å². The van der Waals surface area contributed by atoms with Gasteiger partial charge in [0.15, 0.2) is 5.65 Å². The maximum absolute atomic E-state index is 6.42. The topological polar surface area (TPSA) is 101 Å². The van der Waals surface area contributed by atoms with Crippen LogP contribution in [0.2, 0.25) is 0 Å². The molecule has 0 bridgehead atoms. The highest BCUT2D eigenvalue weighted by Gasteiger charge is 2.34. The van der Waals surface area contributed by atoms with Crippen LogP contribution in [0.4, 0.5) is 5.82 Å². The normalized spacial score (nSPS) is 22.5. The van der Waals surface area contributed by atoms with Gasteiger partial charge in [0.05, 0.1) is 11.4 Å². The van der Waals surface area contributed by atoms with Crippen molar-refractivity contribution < 1.29 is 4.74 Å². The van der Waals surface area contributed by atoms with Crippen LogP contribution < -0.4 is 15.8 Å². The molecule has 236 valence electrons. The maximum Gasteiger partial charge on any atom is 0.164 e. The number of nitrogen functional groups attached to an aromatic ring is 1. The number of anilines is 1. The highest BCUT2D eigenvalue weighted by molar-refractivity contribution is 5.98. The molecule has 0 saturated carbocycles. The largest absolute Gasteiger partial charge is 0.457 e. The molecule has 0 radical (unpaired) electrons. The number of nitrogens with two attached hydrogens (primary N) is 1. The first-order valence-electron chi connectivity index (χ1n) is 16.8. The first kappa shape index (κ1) is 28.9. The Kier molecular flexibility index (Phi) is 8.13. The molecule has 4 aliphatic rings. The molecule has 4 aromatic rings. The number of para-hydroxylation sites is 1. The van der Waals surface area contributed by atoms with Crippen molar-refractivity contribution in [1.29, 1.82) is 0 Å². The van der Waals surface area contributed by atoms with Gasteiger partial charge in [-0.05, 0) is 80.0 Å². The lowest BCUT2D eigenvalue weighted by atomic mass is 9.95. The van der Waals surface area contributed by atoms with Gasteiger partial charge in [0.25, 0.3) is 0 Å². The summed E-state index contributed by atoms with van der Waals surface area (Å²) in [4.78, 5) is 17.1. The van der Waals surface area contributed by atoms with Gasteiger partial charge in [-0.15, -0.1) is 0 Å². The Morgan fingerprint density at radius 2 is 1.42 bits per heavy atom. The molecule has 6 heterocycles. The molecule has 2 aromatic heterocycles. The fourth-order valence-electron chi connectivity index (χ4n) is 7.85. The molecule has 10 nitrogen and oxygen atoms in total. The first-order valence-corrected chi connectivity index (χ1v) is 16.8. The molecule has 1 unspecified atom stereocenters. The lowest BCUT2D eigenvalue weighted by Crippen LogP contribution is -2.56. The van der Waals surface area contributed by atoms with E-state index in [-0.39, 0.29) is 0 Å². The molecule has 45 heavy (non-hydrogen) atoms. The van der Waals surface area contributed by atoms with Crippen LogP contribution in [0.5, 0.6) is 11.5 Å². The molecular weight excluding hydrogens is 562 g/mol. The third-order valence-corrected chi connectivity index (χ3v) is 10.3. The molecule has 4 fully saturated rings. The number of rotatable bonds is 10. The van der Waals surface area contributed by atoms with Crippen molar-refractivity contribution in [2.45, 2.75) is 25.3 Å². The monoisotopic (exact) mass is 607 g/mol. The molecule has 8 rings (SSSR count). The van der Waals surface area contributed by atoms with Gasteiger partial charge < -0.3 is 30.5 Å². The summed E-state index contributed by atoms with van der Waals surface area (Å²) < 4.78 is 8.12. The standard InChI is InChI=1S/C35H45N9O/c36-34-32-33(28-6-8-31(9-7-28)45-30-4-2-1-3-5-30)40-44(35(32)39-24-38-34)29-11-14-41(15-12-29)18-25-10-13-42(19-25)21-27-22-43(23-27)20-26-16-37-17-26/h1-9,24-27,29,37H,10-23H2,(H2,36,38,39). The molecule has 0 amide bonds. The first-order chi connectivity index (χ1) is 22.1. The van der Waals surface area contributed by atoms with Gasteiger partial charge in [0, 0.05) is 71.0 Å². The van der Waals surface area contributed by atoms with Gasteiger partial charge >= 0.3 is 0 Å². The van der Waals surface area contributed by atoms with Gasteiger partial charge in [-0.1, -0.05) is 18.2 Å². The summed E-state index contributed by atoms with van der Waals surface area (Å²) in [7, 11) is 0. The number of piperidine rings is 1. The van der Waals surface area contributed by atoms with Gasteiger partial charge in [-0.25, -0.2) is 14.6 Å². The zero-order valence-electron chi connectivity index (χ0n) is 26.1. The number of likely N-dealkylation sites (tertiary alicyclic amines) is 3. The van der Waals surface area contributed by atoms with E-state index in [0.717, 1.165) is 77.5 Å². The Bertz CT molecular complexity index is 1570. The lowest BCUT2D eigenvalue weighted by molar-refractivity contribution is 0.0493. The molecule has 10 heteroatoms. The summed E-state index contributed by atoms with van der Waals surface area (Å²) in [6.45, 7) is 13.6. The van der Waals surface area contributed by atoms with E-state index in [0.29, 0.717) is 11.9 Å². The van der Waals surface area contributed by atoms with Crippen LogP contribution in [-0.2, 0) is 0 Å². The van der Waals surface area contributed by atoms with Crippen LogP contribution in [0.1, 0.15) is 25.3 Å². The number of benzene rings is 2. The Morgan fingerprint density at radius 3 is 2.18 bits per heavy atom. The minimum Gasteiger partial charge on any atom is -0.457 e. The van der Waals surface area contributed by atoms with Gasteiger partial charge in [0.1, 0.15) is 29.3 Å². The van der Waals surface area contributed by atoms with E-state index in [9.17, 15) is 0 Å². The van der Waals surface area contributed by atoms with Crippen molar-refractivity contribution in [3.63, 3.8) is 0 Å². The zero-order valence-corrected chi connectivity index (χ0v) is 26.1. The van der Waals surface area contributed by atoms with Crippen LogP contribution in [0.25, 0.3) is 22.3 Å². The Morgan fingerprint density at radius 1 is 0.733 bits per heavy atom. The van der Waals surface area contributed by atoms with E-state index in [1.54, 1.807) is 6.33 Å². The van der Waals surface area contributed by atoms with Gasteiger partial charge in [-0.2, -0.15) is 5.10 Å². The second-order valence-corrected chi connectivity index (χ2v) is 13.7. The van der Waals surface area contributed by atoms with E-state index < -0.39 is 0 Å². The highest BCUT2D eigenvalue weighted by atomic mass is 16.5. The highest BCUT2D eigenvalue weighted by Crippen LogP contribution is 2.35. The minimum absolute atomic E-state index is 0.296. The molecule has 0 aliphatic carbocycles. The fourth-order valence-corrected chi connectivity index (χ4v) is 7.85. The maximum atomic E-state index is 6.42. The van der Waals surface area contributed by atoms with Crippen molar-refractivity contribution in [2.24, 2.45) is 17.8 Å². The van der Waals surface area contributed by atoms with Crippen LogP contribution in [0.15, 0.2) is 60.9 Å². The van der Waals surface area contributed by atoms with Crippen molar-refractivity contribution in [3.05, 3.63) is 60.9 Å². The van der Waals surface area contributed by atoms with E-state index in [2.05, 4.69) is 34.7 Å². The Balaban J connectivity index is 0.866. The van der Waals surface area contributed by atoms with Gasteiger partial charge in [0.2, 0.25) is 0 Å². The fraction of sp³-hybridized carbons (Fsp3) is 0.514. The zero-order chi connectivity index (χ0) is 30.2. The van der Waals surface area contributed by atoms with Crippen LogP contribution in [-0.4, -0.2) is 106 Å². The SMILES string of the molecule is Nc1ncnc2c1c(-c1ccc(Oc3ccccc3)cc1)nn2C1CCN(CC2CCN(CC3CN(CC4CNC4)C3)C2)CC1. The van der Waals surface area contributed by atoms with Crippen LogP contribution in [0, 0.1) is 17.8 Å². The van der Waals surface area contributed by atoms with Crippen LogP contribution >= 0.6 is 0 Å². The number of hydrogen-bond donors (Lipinski definition) is 2. The summed E-state index contributed by atoms with van der Waals surface area (Å²) in [5, 5.41) is 9.36. The summed E-state index contributed by atoms with van der Waals surface area (Å²) >= 11 is 0. The summed E-state index contributed by atoms with van der Waals surface area (Å²) in [5.74, 6) is 4.62. The quantitative estimate of drug-likeness (QED) is 0.277. The molecular formula is C35H45N9O. The van der Waals surface area contributed by atoms with Gasteiger partial charge in [-0.3, -0.25) is 0 Å². The van der Waals surface area contributed by atoms with Crippen LogP contribution in [0.3, 0.4) is 0 Å².